The van der Waals surface area contributed by atoms with Gasteiger partial charge >= 0.3 is 5.97 Å². The standard InChI is InChI=1S/C20H22O5S2/c21-9-13-3-1-2-4-18(13)26-12-16-14(5-7-17(16)22)10-25-11-15-6-8-19(27-15)20(23)24/h1-4,6,8,14,16,21H,5,7,9-12H2,(H,23,24)/t14-,16-/m1/s1. The van der Waals surface area contributed by atoms with Gasteiger partial charge in [0.25, 0.3) is 0 Å². The number of carbonyl (C=O) groups excluding carboxylic acids is 1. The smallest absolute Gasteiger partial charge is 0.345 e. The summed E-state index contributed by atoms with van der Waals surface area (Å²) < 4.78 is 5.79. The van der Waals surface area contributed by atoms with Crippen LogP contribution in [-0.2, 0) is 22.7 Å². The van der Waals surface area contributed by atoms with E-state index < -0.39 is 5.97 Å². The van der Waals surface area contributed by atoms with Crippen molar-refractivity contribution < 1.29 is 24.5 Å². The van der Waals surface area contributed by atoms with Gasteiger partial charge in [-0.2, -0.15) is 0 Å². The number of carbonyl (C=O) groups is 2. The maximum Gasteiger partial charge on any atom is 0.345 e. The topological polar surface area (TPSA) is 83.8 Å². The lowest BCUT2D eigenvalue weighted by Crippen LogP contribution is -2.21. The highest BCUT2D eigenvalue weighted by molar-refractivity contribution is 7.99. The van der Waals surface area contributed by atoms with E-state index in [1.807, 2.05) is 24.3 Å². The van der Waals surface area contributed by atoms with Crippen LogP contribution in [0.4, 0.5) is 0 Å². The Morgan fingerprint density at radius 2 is 2.07 bits per heavy atom. The zero-order valence-electron chi connectivity index (χ0n) is 14.8. The van der Waals surface area contributed by atoms with Crippen LogP contribution in [0.15, 0.2) is 41.3 Å². The maximum atomic E-state index is 12.3. The molecule has 0 radical (unpaired) electrons. The van der Waals surface area contributed by atoms with E-state index in [-0.39, 0.29) is 24.2 Å². The number of carboxylic acids is 1. The molecule has 1 fully saturated rings. The summed E-state index contributed by atoms with van der Waals surface area (Å²) >= 11 is 2.83. The summed E-state index contributed by atoms with van der Waals surface area (Å²) in [6.07, 6.45) is 1.42. The van der Waals surface area contributed by atoms with Crippen molar-refractivity contribution >= 4 is 34.9 Å². The van der Waals surface area contributed by atoms with Crippen molar-refractivity contribution in [2.24, 2.45) is 11.8 Å². The Kier molecular flexibility index (Phi) is 7.07. The van der Waals surface area contributed by atoms with Gasteiger partial charge in [-0.25, -0.2) is 4.79 Å². The summed E-state index contributed by atoms with van der Waals surface area (Å²) in [4.78, 5) is 25.4. The minimum absolute atomic E-state index is 0.00648. The zero-order valence-corrected chi connectivity index (χ0v) is 16.4. The monoisotopic (exact) mass is 406 g/mol. The van der Waals surface area contributed by atoms with E-state index in [2.05, 4.69) is 0 Å². The number of hydrogen-bond donors (Lipinski definition) is 2. The zero-order chi connectivity index (χ0) is 19.2. The first-order chi connectivity index (χ1) is 13.1. The average Bonchev–Trinajstić information content (AvgIpc) is 3.28. The van der Waals surface area contributed by atoms with Gasteiger partial charge in [0, 0.05) is 27.9 Å². The number of aliphatic hydroxyl groups excluding tert-OH is 1. The molecule has 0 spiro atoms. The van der Waals surface area contributed by atoms with Crippen LogP contribution < -0.4 is 0 Å². The molecule has 1 aliphatic carbocycles. The molecule has 2 atom stereocenters. The van der Waals surface area contributed by atoms with Crippen LogP contribution in [0.1, 0.15) is 33.0 Å². The SMILES string of the molecule is O=C(O)c1ccc(COC[C@H]2CCC(=O)[C@@H]2CSc2ccccc2CO)s1. The summed E-state index contributed by atoms with van der Waals surface area (Å²) in [5.41, 5.74) is 0.882. The summed E-state index contributed by atoms with van der Waals surface area (Å²) in [6, 6.07) is 11.1. The van der Waals surface area contributed by atoms with Gasteiger partial charge in [-0.15, -0.1) is 23.1 Å². The Morgan fingerprint density at radius 3 is 2.81 bits per heavy atom. The van der Waals surface area contributed by atoms with Gasteiger partial charge in [0.05, 0.1) is 19.8 Å². The molecule has 3 rings (SSSR count). The molecule has 2 aromatic rings. The summed E-state index contributed by atoms with van der Waals surface area (Å²) in [6.45, 7) is 0.863. The average molecular weight is 407 g/mol. The van der Waals surface area contributed by atoms with Gasteiger partial charge in [0.15, 0.2) is 0 Å². The van der Waals surface area contributed by atoms with Crippen molar-refractivity contribution in [3.05, 3.63) is 51.7 Å². The van der Waals surface area contributed by atoms with E-state index in [1.165, 1.54) is 11.3 Å². The van der Waals surface area contributed by atoms with Crippen LogP contribution in [0.3, 0.4) is 0 Å². The number of ether oxygens (including phenoxy) is 1. The van der Waals surface area contributed by atoms with Gasteiger partial charge in [0.1, 0.15) is 10.7 Å². The largest absolute Gasteiger partial charge is 0.477 e. The Balaban J connectivity index is 1.52. The van der Waals surface area contributed by atoms with Crippen LogP contribution in [0.25, 0.3) is 0 Å². The Bertz CT molecular complexity index is 801. The van der Waals surface area contributed by atoms with Crippen LogP contribution >= 0.6 is 23.1 Å². The van der Waals surface area contributed by atoms with Gasteiger partial charge in [-0.1, -0.05) is 18.2 Å². The van der Waals surface area contributed by atoms with Crippen molar-refractivity contribution in [2.45, 2.75) is 31.0 Å². The fraction of sp³-hybridized carbons (Fsp3) is 0.400. The third kappa shape index (κ3) is 5.19. The molecule has 0 unspecified atom stereocenters. The summed E-state index contributed by atoms with van der Waals surface area (Å²) in [7, 11) is 0. The predicted octanol–water partition coefficient (Wildman–Crippen LogP) is 3.84. The van der Waals surface area contributed by atoms with Gasteiger partial charge in [0.2, 0.25) is 0 Å². The van der Waals surface area contributed by atoms with Gasteiger partial charge in [-0.05, 0) is 36.1 Å². The number of hydrogen-bond acceptors (Lipinski definition) is 6. The number of rotatable bonds is 9. The molecule has 0 amide bonds. The second kappa shape index (κ2) is 9.50. The lowest BCUT2D eigenvalue weighted by atomic mass is 9.98. The Labute approximate surface area is 166 Å². The van der Waals surface area contributed by atoms with Crippen molar-refractivity contribution in [2.75, 3.05) is 12.4 Å². The molecule has 144 valence electrons. The highest BCUT2D eigenvalue weighted by atomic mass is 32.2. The molecule has 7 heteroatoms. The highest BCUT2D eigenvalue weighted by Gasteiger charge is 2.34. The maximum absolute atomic E-state index is 12.3. The second-order valence-electron chi connectivity index (χ2n) is 6.53. The Morgan fingerprint density at radius 1 is 1.26 bits per heavy atom. The normalized spacial score (nSPS) is 19.5. The molecule has 0 aliphatic heterocycles. The third-order valence-electron chi connectivity index (χ3n) is 4.75. The highest BCUT2D eigenvalue weighted by Crippen LogP contribution is 2.35. The molecule has 27 heavy (non-hydrogen) atoms. The minimum Gasteiger partial charge on any atom is -0.477 e. The van der Waals surface area contributed by atoms with Crippen LogP contribution in [0.2, 0.25) is 0 Å². The first kappa shape index (κ1) is 20.1. The van der Waals surface area contributed by atoms with Crippen molar-refractivity contribution in [1.82, 2.24) is 0 Å². The van der Waals surface area contributed by atoms with E-state index in [9.17, 15) is 14.7 Å². The Hall–Kier alpha value is -1.67. The van der Waals surface area contributed by atoms with Crippen LogP contribution in [0, 0.1) is 11.8 Å². The van der Waals surface area contributed by atoms with E-state index >= 15 is 0 Å². The second-order valence-corrected chi connectivity index (χ2v) is 8.76. The van der Waals surface area contributed by atoms with E-state index in [4.69, 9.17) is 9.84 Å². The fourth-order valence-corrected chi connectivity index (χ4v) is 5.34. The minimum atomic E-state index is -0.923. The number of thiophene rings is 1. The predicted molar refractivity (Wildman–Crippen MR) is 105 cm³/mol. The molecule has 0 bridgehead atoms. The summed E-state index contributed by atoms with van der Waals surface area (Å²) in [5.74, 6) is 0.186. The lowest BCUT2D eigenvalue weighted by molar-refractivity contribution is -0.120. The number of aliphatic hydroxyl groups is 1. The van der Waals surface area contributed by atoms with Crippen molar-refractivity contribution in [3.63, 3.8) is 0 Å². The number of ketones is 1. The van der Waals surface area contributed by atoms with E-state index in [0.29, 0.717) is 30.3 Å². The number of thioether (sulfide) groups is 1. The molecule has 0 saturated heterocycles. The first-order valence-electron chi connectivity index (χ1n) is 8.82. The molecule has 5 nitrogen and oxygen atoms in total. The van der Waals surface area contributed by atoms with E-state index in [1.54, 1.807) is 23.9 Å². The van der Waals surface area contributed by atoms with Crippen LogP contribution in [0.5, 0.6) is 0 Å². The number of carboxylic acid groups (broad SMARTS) is 1. The van der Waals surface area contributed by atoms with Crippen molar-refractivity contribution in [3.8, 4) is 0 Å². The van der Waals surface area contributed by atoms with Crippen LogP contribution in [-0.4, -0.2) is 34.3 Å². The molecule has 1 aromatic carbocycles. The number of Topliss-reactive ketones (excluding diaryl/α,β-unsaturated/α-hetero) is 1. The first-order valence-corrected chi connectivity index (χ1v) is 10.6. The molecule has 1 aliphatic rings. The molecule has 2 N–H and O–H groups in total. The molecule has 1 heterocycles. The summed E-state index contributed by atoms with van der Waals surface area (Å²) in [5, 5.41) is 18.4. The molecule has 1 saturated carbocycles. The third-order valence-corrected chi connectivity index (χ3v) is 7.04. The fourth-order valence-electron chi connectivity index (χ4n) is 3.24. The lowest BCUT2D eigenvalue weighted by Gasteiger charge is -2.18. The quantitative estimate of drug-likeness (QED) is 0.616. The molecular formula is C20H22O5S2. The van der Waals surface area contributed by atoms with Gasteiger partial charge in [-0.3, -0.25) is 4.79 Å². The van der Waals surface area contributed by atoms with E-state index in [0.717, 1.165) is 21.8 Å². The molecular weight excluding hydrogens is 384 g/mol. The molecule has 1 aromatic heterocycles. The number of benzene rings is 1. The van der Waals surface area contributed by atoms with Crippen molar-refractivity contribution in [1.29, 1.82) is 0 Å². The van der Waals surface area contributed by atoms with Gasteiger partial charge < -0.3 is 14.9 Å². The number of aromatic carboxylic acids is 1.